The monoisotopic (exact) mass is 250 g/mol. The molecule has 1 rings (SSSR count). The van der Waals surface area contributed by atoms with Gasteiger partial charge in [0, 0.05) is 12.6 Å². The van der Waals surface area contributed by atoms with E-state index in [0.717, 1.165) is 19.4 Å². The van der Waals surface area contributed by atoms with E-state index >= 15 is 0 Å². The lowest BCUT2D eigenvalue weighted by Crippen LogP contribution is -2.49. The van der Waals surface area contributed by atoms with Crippen LogP contribution in [0.15, 0.2) is 0 Å². The molecule has 0 aliphatic carbocycles. The number of rotatable bonds is 3. The fourth-order valence-electron chi connectivity index (χ4n) is 3.68. The predicted molar refractivity (Wildman–Crippen MR) is 77.1 cm³/mol. The second-order valence-corrected chi connectivity index (χ2v) is 6.43. The molecule has 2 nitrogen and oxygen atoms in total. The summed E-state index contributed by atoms with van der Waals surface area (Å²) in [6.07, 6.45) is 4.55. The summed E-state index contributed by atoms with van der Waals surface area (Å²) in [6.45, 7) is 12.2. The highest BCUT2D eigenvalue weighted by Gasteiger charge is 2.39. The average molecular weight is 250 g/mol. The number of hydrogen-bond acceptors (Lipinski definition) is 2. The fraction of sp³-hybridized carbons (Fsp3) is 0.938. The topological polar surface area (TPSA) is 35.8 Å². The summed E-state index contributed by atoms with van der Waals surface area (Å²) in [6, 6.07) is 3.21. The summed E-state index contributed by atoms with van der Waals surface area (Å²) >= 11 is 0. The average Bonchev–Trinajstić information content (AvgIpc) is 2.34. The van der Waals surface area contributed by atoms with Crippen LogP contribution >= 0.6 is 0 Å². The SMILES string of the molecule is CCC1CCC(C)C(C(C)C)NCC1(C#N)CC. The molecule has 0 bridgehead atoms. The molecule has 0 aromatic carbocycles. The summed E-state index contributed by atoms with van der Waals surface area (Å²) < 4.78 is 0. The zero-order valence-electron chi connectivity index (χ0n) is 12.8. The van der Waals surface area contributed by atoms with Crippen LogP contribution in [-0.4, -0.2) is 12.6 Å². The molecule has 0 spiro atoms. The first-order valence-corrected chi connectivity index (χ1v) is 7.65. The van der Waals surface area contributed by atoms with E-state index in [0.29, 0.717) is 23.8 Å². The highest BCUT2D eigenvalue weighted by molar-refractivity contribution is 5.05. The van der Waals surface area contributed by atoms with Crippen molar-refractivity contribution in [3.05, 3.63) is 0 Å². The molecule has 18 heavy (non-hydrogen) atoms. The molecule has 104 valence electrons. The number of nitrogens with zero attached hydrogens (tertiary/aromatic N) is 1. The minimum absolute atomic E-state index is 0.151. The van der Waals surface area contributed by atoms with Gasteiger partial charge in [-0.2, -0.15) is 5.26 Å². The van der Waals surface area contributed by atoms with Crippen LogP contribution in [0.5, 0.6) is 0 Å². The molecule has 0 amide bonds. The van der Waals surface area contributed by atoms with Crippen LogP contribution in [0.1, 0.15) is 60.3 Å². The van der Waals surface area contributed by atoms with Crippen molar-refractivity contribution in [2.45, 2.75) is 66.3 Å². The smallest absolute Gasteiger partial charge is 0.0723 e. The van der Waals surface area contributed by atoms with Gasteiger partial charge in [0.15, 0.2) is 0 Å². The van der Waals surface area contributed by atoms with Crippen molar-refractivity contribution in [1.29, 1.82) is 5.26 Å². The quantitative estimate of drug-likeness (QED) is 0.822. The maximum Gasteiger partial charge on any atom is 0.0723 e. The first-order chi connectivity index (χ1) is 8.50. The van der Waals surface area contributed by atoms with Gasteiger partial charge in [0.2, 0.25) is 0 Å². The standard InChI is InChI=1S/C16H30N2/c1-6-14-9-8-13(5)15(12(3)4)18-11-16(14,7-2)10-17/h12-15,18H,6-9,11H2,1-5H3. The van der Waals surface area contributed by atoms with Gasteiger partial charge in [0.05, 0.1) is 11.5 Å². The van der Waals surface area contributed by atoms with Gasteiger partial charge in [-0.1, -0.05) is 41.0 Å². The first kappa shape index (κ1) is 15.5. The number of hydrogen-bond donors (Lipinski definition) is 1. The Morgan fingerprint density at radius 2 is 2.00 bits per heavy atom. The van der Waals surface area contributed by atoms with Crippen molar-refractivity contribution in [2.24, 2.45) is 23.2 Å². The van der Waals surface area contributed by atoms with Gasteiger partial charge in [0.1, 0.15) is 0 Å². The maximum atomic E-state index is 9.66. The lowest BCUT2D eigenvalue weighted by molar-refractivity contribution is 0.134. The minimum Gasteiger partial charge on any atom is -0.312 e. The van der Waals surface area contributed by atoms with E-state index in [2.05, 4.69) is 46.0 Å². The molecule has 1 aliphatic heterocycles. The van der Waals surface area contributed by atoms with Crippen LogP contribution in [-0.2, 0) is 0 Å². The van der Waals surface area contributed by atoms with Gasteiger partial charge in [-0.05, 0) is 37.0 Å². The second-order valence-electron chi connectivity index (χ2n) is 6.43. The zero-order chi connectivity index (χ0) is 13.8. The Bertz CT molecular complexity index is 292. The summed E-state index contributed by atoms with van der Waals surface area (Å²) in [5.41, 5.74) is -0.151. The molecule has 4 unspecified atom stereocenters. The predicted octanol–water partition coefficient (Wildman–Crippen LogP) is 3.98. The van der Waals surface area contributed by atoms with Gasteiger partial charge >= 0.3 is 0 Å². The van der Waals surface area contributed by atoms with Crippen molar-refractivity contribution in [2.75, 3.05) is 6.54 Å². The fourth-order valence-corrected chi connectivity index (χ4v) is 3.68. The highest BCUT2D eigenvalue weighted by atomic mass is 14.9. The summed E-state index contributed by atoms with van der Waals surface area (Å²) in [4.78, 5) is 0. The second kappa shape index (κ2) is 6.57. The summed E-state index contributed by atoms with van der Waals surface area (Å²) in [7, 11) is 0. The third-order valence-corrected chi connectivity index (χ3v) is 5.08. The molecule has 1 saturated heterocycles. The highest BCUT2D eigenvalue weighted by Crippen LogP contribution is 2.39. The van der Waals surface area contributed by atoms with Crippen molar-refractivity contribution in [1.82, 2.24) is 5.32 Å². The van der Waals surface area contributed by atoms with Crippen LogP contribution in [0.4, 0.5) is 0 Å². The van der Waals surface area contributed by atoms with Crippen LogP contribution in [0, 0.1) is 34.5 Å². The Hall–Kier alpha value is -0.550. The minimum atomic E-state index is -0.151. The van der Waals surface area contributed by atoms with Crippen LogP contribution in [0.2, 0.25) is 0 Å². The Kier molecular flexibility index (Phi) is 5.66. The Balaban J connectivity index is 2.91. The molecule has 0 aromatic rings. The van der Waals surface area contributed by atoms with Gasteiger partial charge in [-0.25, -0.2) is 0 Å². The van der Waals surface area contributed by atoms with Gasteiger partial charge in [-0.3, -0.25) is 0 Å². The molecule has 0 radical (unpaired) electrons. The molecule has 1 heterocycles. The zero-order valence-corrected chi connectivity index (χ0v) is 12.8. The van der Waals surface area contributed by atoms with Crippen LogP contribution < -0.4 is 5.32 Å². The third kappa shape index (κ3) is 3.06. The Morgan fingerprint density at radius 1 is 1.33 bits per heavy atom. The molecular formula is C16H30N2. The van der Waals surface area contributed by atoms with Gasteiger partial charge < -0.3 is 5.32 Å². The largest absolute Gasteiger partial charge is 0.312 e. The van der Waals surface area contributed by atoms with E-state index in [1.165, 1.54) is 12.8 Å². The molecule has 2 heteroatoms. The van der Waals surface area contributed by atoms with Crippen LogP contribution in [0.25, 0.3) is 0 Å². The van der Waals surface area contributed by atoms with E-state index < -0.39 is 0 Å². The lowest BCUT2D eigenvalue weighted by Gasteiger charge is -2.41. The van der Waals surface area contributed by atoms with E-state index in [9.17, 15) is 5.26 Å². The van der Waals surface area contributed by atoms with E-state index in [1.54, 1.807) is 0 Å². The lowest BCUT2D eigenvalue weighted by atomic mass is 9.68. The van der Waals surface area contributed by atoms with Crippen molar-refractivity contribution < 1.29 is 0 Å². The molecule has 1 N–H and O–H groups in total. The van der Waals surface area contributed by atoms with E-state index in [4.69, 9.17) is 0 Å². The van der Waals surface area contributed by atoms with Crippen LogP contribution in [0.3, 0.4) is 0 Å². The summed E-state index contributed by atoms with van der Waals surface area (Å²) in [5, 5.41) is 13.4. The Labute approximate surface area is 113 Å². The number of nitrogens with one attached hydrogen (secondary N) is 1. The van der Waals surface area contributed by atoms with E-state index in [1.807, 2.05) is 0 Å². The molecule has 0 aromatic heterocycles. The molecular weight excluding hydrogens is 220 g/mol. The van der Waals surface area contributed by atoms with E-state index in [-0.39, 0.29) is 5.41 Å². The third-order valence-electron chi connectivity index (χ3n) is 5.08. The molecule has 0 saturated carbocycles. The molecule has 1 fully saturated rings. The van der Waals surface area contributed by atoms with Gasteiger partial charge in [-0.15, -0.1) is 0 Å². The van der Waals surface area contributed by atoms with Gasteiger partial charge in [0.25, 0.3) is 0 Å². The molecule has 1 aliphatic rings. The first-order valence-electron chi connectivity index (χ1n) is 7.65. The van der Waals surface area contributed by atoms with Crippen molar-refractivity contribution in [3.8, 4) is 6.07 Å². The normalized spacial score (nSPS) is 37.9. The summed E-state index contributed by atoms with van der Waals surface area (Å²) in [5.74, 6) is 1.91. The van der Waals surface area contributed by atoms with Crippen molar-refractivity contribution in [3.63, 3.8) is 0 Å². The molecule has 4 atom stereocenters. The maximum absolute atomic E-state index is 9.66. The Morgan fingerprint density at radius 3 is 2.44 bits per heavy atom. The number of nitriles is 1. The van der Waals surface area contributed by atoms with Crippen molar-refractivity contribution >= 4 is 0 Å².